The first kappa shape index (κ1) is 62.6. The van der Waals surface area contributed by atoms with Crippen LogP contribution in [0.2, 0.25) is 0 Å². The van der Waals surface area contributed by atoms with Crippen LogP contribution in [0.25, 0.3) is 0 Å². The fraction of sp³-hybridized carbons (Fsp3) is 0.800. The maximum Gasteiger partial charge on any atom is 0.306 e. The molecule has 1 unspecified atom stereocenters. The average Bonchev–Trinajstić information content (AvgIpc) is 3.31. The van der Waals surface area contributed by atoms with Crippen LogP contribution < -0.4 is 0 Å². The van der Waals surface area contributed by atoms with Crippen LogP contribution in [0.5, 0.6) is 0 Å². The first-order valence-corrected chi connectivity index (χ1v) is 28.3. The molecule has 0 saturated carbocycles. The monoisotopic (exact) mass is 909 g/mol. The Hall–Kier alpha value is -2.40. The highest BCUT2D eigenvalue weighted by Crippen LogP contribution is 2.17. The lowest BCUT2D eigenvalue weighted by Gasteiger charge is -2.15. The summed E-state index contributed by atoms with van der Waals surface area (Å²) in [5, 5.41) is 9.61. The molecule has 0 spiro atoms. The number of esters is 2. The van der Waals surface area contributed by atoms with Crippen molar-refractivity contribution < 1.29 is 24.2 Å². The Morgan fingerprint density at radius 3 is 1.02 bits per heavy atom. The number of rotatable bonds is 52. The summed E-state index contributed by atoms with van der Waals surface area (Å²) < 4.78 is 10.7. The van der Waals surface area contributed by atoms with E-state index < -0.39 is 6.10 Å². The number of aliphatic hydroxyl groups is 1. The second-order valence-electron chi connectivity index (χ2n) is 19.0. The number of ether oxygens (including phenoxy) is 2. The molecule has 0 saturated heterocycles. The molecule has 0 bridgehead atoms. The molecule has 0 aliphatic carbocycles. The van der Waals surface area contributed by atoms with Gasteiger partial charge in [0, 0.05) is 12.8 Å². The number of unbranched alkanes of at least 4 members (excludes halogenated alkanes) is 34. The minimum absolute atomic E-state index is 0.0669. The molecule has 0 rings (SSSR count). The first-order valence-electron chi connectivity index (χ1n) is 28.3. The molecule has 5 heteroatoms. The minimum Gasteiger partial charge on any atom is -0.462 e. The second-order valence-corrected chi connectivity index (χ2v) is 19.0. The van der Waals surface area contributed by atoms with Gasteiger partial charge >= 0.3 is 11.9 Å². The lowest BCUT2D eigenvalue weighted by atomic mass is 10.0. The minimum atomic E-state index is -0.772. The molecule has 0 aliphatic rings. The lowest BCUT2D eigenvalue weighted by Crippen LogP contribution is -2.28. The number of carbonyl (C=O) groups is 2. The van der Waals surface area contributed by atoms with E-state index in [1.165, 1.54) is 193 Å². The van der Waals surface area contributed by atoms with Crippen LogP contribution in [0, 0.1) is 0 Å². The van der Waals surface area contributed by atoms with Gasteiger partial charge < -0.3 is 14.6 Å². The van der Waals surface area contributed by atoms with E-state index in [1.54, 1.807) is 0 Å². The fourth-order valence-corrected chi connectivity index (χ4v) is 8.31. The molecule has 0 amide bonds. The smallest absolute Gasteiger partial charge is 0.306 e. The zero-order chi connectivity index (χ0) is 47.0. The van der Waals surface area contributed by atoms with Gasteiger partial charge in [-0.2, -0.15) is 0 Å². The van der Waals surface area contributed by atoms with Gasteiger partial charge in [-0.05, 0) is 77.0 Å². The Morgan fingerprint density at radius 2 is 0.662 bits per heavy atom. The Kier molecular flexibility index (Phi) is 53.9. The van der Waals surface area contributed by atoms with Crippen molar-refractivity contribution in [3.05, 3.63) is 60.8 Å². The Balaban J connectivity index is 3.37. The summed E-state index contributed by atoms with van der Waals surface area (Å²) in [6.07, 6.45) is 75.1. The zero-order valence-corrected chi connectivity index (χ0v) is 43.3. The molecule has 378 valence electrons. The largest absolute Gasteiger partial charge is 0.462 e. The maximum atomic E-state index is 12.3. The maximum absolute atomic E-state index is 12.3. The highest BCUT2D eigenvalue weighted by molar-refractivity contribution is 5.70. The van der Waals surface area contributed by atoms with Gasteiger partial charge in [-0.25, -0.2) is 0 Å². The zero-order valence-electron chi connectivity index (χ0n) is 43.3. The molecule has 1 atom stereocenters. The van der Waals surface area contributed by atoms with E-state index in [2.05, 4.69) is 74.6 Å². The van der Waals surface area contributed by atoms with Crippen molar-refractivity contribution in [1.29, 1.82) is 0 Å². The normalized spacial score (nSPS) is 12.6. The molecular weight excluding hydrogens is 801 g/mol. The third-order valence-electron chi connectivity index (χ3n) is 12.5. The second kappa shape index (κ2) is 55.9. The van der Waals surface area contributed by atoms with Gasteiger partial charge in [0.05, 0.1) is 6.61 Å². The predicted octanol–water partition coefficient (Wildman–Crippen LogP) is 19.0. The summed E-state index contributed by atoms with van der Waals surface area (Å²) in [5.74, 6) is -0.590. The van der Waals surface area contributed by atoms with Gasteiger partial charge in [-0.15, -0.1) is 0 Å². The van der Waals surface area contributed by atoms with Crippen LogP contribution in [-0.2, 0) is 19.1 Å². The molecule has 1 N–H and O–H groups in total. The Labute approximate surface area is 404 Å². The fourth-order valence-electron chi connectivity index (χ4n) is 8.31. The Bertz CT molecular complexity index is 1120. The molecule has 5 nitrogen and oxygen atoms in total. The van der Waals surface area contributed by atoms with Crippen LogP contribution >= 0.6 is 0 Å². The quantitative estimate of drug-likeness (QED) is 0.0374. The summed E-state index contributed by atoms with van der Waals surface area (Å²) in [7, 11) is 0. The average molecular weight is 910 g/mol. The van der Waals surface area contributed by atoms with E-state index >= 15 is 0 Å². The van der Waals surface area contributed by atoms with E-state index in [9.17, 15) is 14.7 Å². The SMILES string of the molecule is CC/C=C\C/C=C\C/C=C\C/C=C\CCCCCCCCCCCCCCCCCCCCCCCCCCCCC(=O)OC(CO)COC(=O)CCCCCCC/C=C\CCCCC. The number of hydrogen-bond acceptors (Lipinski definition) is 5. The van der Waals surface area contributed by atoms with Crippen molar-refractivity contribution in [2.75, 3.05) is 13.2 Å². The van der Waals surface area contributed by atoms with Crippen LogP contribution in [0.3, 0.4) is 0 Å². The lowest BCUT2D eigenvalue weighted by molar-refractivity contribution is -0.161. The highest BCUT2D eigenvalue weighted by Gasteiger charge is 2.16. The molecule has 0 aromatic carbocycles. The van der Waals surface area contributed by atoms with Crippen LogP contribution in [0.4, 0.5) is 0 Å². The van der Waals surface area contributed by atoms with Crippen molar-refractivity contribution in [3.8, 4) is 0 Å². The summed E-state index contributed by atoms with van der Waals surface area (Å²) in [6, 6.07) is 0. The van der Waals surface area contributed by atoms with Crippen molar-refractivity contribution in [2.45, 2.75) is 296 Å². The van der Waals surface area contributed by atoms with Crippen LogP contribution in [0.15, 0.2) is 60.8 Å². The van der Waals surface area contributed by atoms with Gasteiger partial charge in [0.25, 0.3) is 0 Å². The van der Waals surface area contributed by atoms with Gasteiger partial charge in [0.15, 0.2) is 6.10 Å². The molecule has 0 radical (unpaired) electrons. The number of allylic oxidation sites excluding steroid dienone is 10. The molecule has 0 aromatic rings. The molecule has 0 aliphatic heterocycles. The summed E-state index contributed by atoms with van der Waals surface area (Å²) in [4.78, 5) is 24.4. The van der Waals surface area contributed by atoms with Crippen molar-refractivity contribution >= 4 is 11.9 Å². The number of aliphatic hydroxyl groups excluding tert-OH is 1. The van der Waals surface area contributed by atoms with Gasteiger partial charge in [0.1, 0.15) is 6.61 Å². The Morgan fingerprint density at radius 1 is 0.369 bits per heavy atom. The van der Waals surface area contributed by atoms with Crippen LogP contribution in [0.1, 0.15) is 290 Å². The van der Waals surface area contributed by atoms with Gasteiger partial charge in [-0.1, -0.05) is 261 Å². The summed E-state index contributed by atoms with van der Waals surface area (Å²) >= 11 is 0. The van der Waals surface area contributed by atoms with E-state index in [4.69, 9.17) is 9.47 Å². The molecule has 0 heterocycles. The topological polar surface area (TPSA) is 72.8 Å². The van der Waals surface area contributed by atoms with Crippen molar-refractivity contribution in [3.63, 3.8) is 0 Å². The van der Waals surface area contributed by atoms with Crippen molar-refractivity contribution in [2.24, 2.45) is 0 Å². The van der Waals surface area contributed by atoms with Gasteiger partial charge in [0.2, 0.25) is 0 Å². The standard InChI is InChI=1S/C60H108O5/c1-3-5-7-9-11-13-15-17-18-19-20-21-22-23-24-25-26-27-28-29-30-31-32-33-34-35-36-37-38-39-40-41-42-43-45-47-49-51-53-55-60(63)65-58(56-61)57-64-59(62)54-52-50-48-46-44-16-14-12-10-8-6-4-2/h5,7,11-14,17-18,20-21,58,61H,3-4,6,8-10,15-16,19,22-57H2,1-2H3/b7-5-,13-11-,14-12-,18-17-,21-20-. The number of hydrogen-bond donors (Lipinski definition) is 1. The molecule has 65 heavy (non-hydrogen) atoms. The third kappa shape index (κ3) is 54.1. The highest BCUT2D eigenvalue weighted by atomic mass is 16.6. The van der Waals surface area contributed by atoms with Crippen molar-refractivity contribution in [1.82, 2.24) is 0 Å². The van der Waals surface area contributed by atoms with E-state index in [1.807, 2.05) is 0 Å². The van der Waals surface area contributed by atoms with E-state index in [0.717, 1.165) is 70.6 Å². The first-order chi connectivity index (χ1) is 32.1. The molecule has 0 aromatic heterocycles. The predicted molar refractivity (Wildman–Crippen MR) is 284 cm³/mol. The van der Waals surface area contributed by atoms with E-state index in [-0.39, 0.29) is 25.2 Å². The third-order valence-corrected chi connectivity index (χ3v) is 12.5. The molecular formula is C60H108O5. The number of carbonyl (C=O) groups excluding carboxylic acids is 2. The molecule has 0 fully saturated rings. The van der Waals surface area contributed by atoms with Gasteiger partial charge in [-0.3, -0.25) is 9.59 Å². The van der Waals surface area contributed by atoms with Crippen LogP contribution in [-0.4, -0.2) is 36.4 Å². The van der Waals surface area contributed by atoms with E-state index in [0.29, 0.717) is 12.8 Å². The summed E-state index contributed by atoms with van der Waals surface area (Å²) in [6.45, 7) is 4.01. The summed E-state index contributed by atoms with van der Waals surface area (Å²) in [5.41, 5.74) is 0.